The second-order valence-electron chi connectivity index (χ2n) is 7.71. The number of hydrogen-bond donors (Lipinski definition) is 1. The van der Waals surface area contributed by atoms with E-state index in [0.29, 0.717) is 24.2 Å². The monoisotopic (exact) mass is 408 g/mol. The molecule has 1 atom stereocenters. The maximum atomic E-state index is 13.1. The van der Waals surface area contributed by atoms with Crippen molar-refractivity contribution in [3.63, 3.8) is 0 Å². The first-order valence-electron chi connectivity index (χ1n) is 10.3. The molecule has 0 unspecified atom stereocenters. The van der Waals surface area contributed by atoms with Gasteiger partial charge in [-0.1, -0.05) is 48.9 Å². The van der Waals surface area contributed by atoms with Crippen molar-refractivity contribution >= 4 is 23.5 Å². The number of anilines is 1. The Balaban J connectivity index is 1.75. The first-order chi connectivity index (χ1) is 14.4. The van der Waals surface area contributed by atoms with Crippen LogP contribution in [0.4, 0.5) is 5.69 Å². The zero-order valence-corrected chi connectivity index (χ0v) is 17.5. The number of benzene rings is 2. The minimum Gasteiger partial charge on any atom is -0.446 e. The molecule has 6 heteroatoms. The fraction of sp³-hybridized carbons (Fsp3) is 0.375. The number of rotatable bonds is 6. The Bertz CT molecular complexity index is 911. The molecule has 3 rings (SSSR count). The first kappa shape index (κ1) is 21.6. The van der Waals surface area contributed by atoms with Gasteiger partial charge in [0.2, 0.25) is 12.0 Å². The Morgan fingerprint density at radius 3 is 2.60 bits per heavy atom. The molecule has 0 spiro atoms. The Labute approximate surface area is 177 Å². The van der Waals surface area contributed by atoms with Crippen LogP contribution in [0, 0.1) is 13.8 Å². The summed E-state index contributed by atoms with van der Waals surface area (Å²) in [5.74, 6) is -1.05. The lowest BCUT2D eigenvalue weighted by atomic mass is 10.1. The van der Waals surface area contributed by atoms with Crippen molar-refractivity contribution in [2.45, 2.75) is 45.6 Å². The SMILES string of the molecule is Cc1ccc(C)c(NC(=O)[C@H](OC(=O)CN2CCCCCC2=O)c2ccccc2)c1. The number of amides is 2. The van der Waals surface area contributed by atoms with Crippen molar-refractivity contribution < 1.29 is 19.1 Å². The van der Waals surface area contributed by atoms with Gasteiger partial charge >= 0.3 is 5.97 Å². The van der Waals surface area contributed by atoms with Crippen LogP contribution in [-0.4, -0.2) is 35.8 Å². The number of carbonyl (C=O) groups excluding carboxylic acids is 3. The summed E-state index contributed by atoms with van der Waals surface area (Å²) in [7, 11) is 0. The number of nitrogens with one attached hydrogen (secondary N) is 1. The summed E-state index contributed by atoms with van der Waals surface area (Å²) in [6.45, 7) is 4.25. The highest BCUT2D eigenvalue weighted by molar-refractivity contribution is 5.97. The van der Waals surface area contributed by atoms with Gasteiger partial charge in [0.05, 0.1) is 0 Å². The second kappa shape index (κ2) is 10.1. The Hall–Kier alpha value is -3.15. The fourth-order valence-corrected chi connectivity index (χ4v) is 3.50. The van der Waals surface area contributed by atoms with Gasteiger partial charge in [0, 0.05) is 24.2 Å². The maximum Gasteiger partial charge on any atom is 0.326 e. The zero-order chi connectivity index (χ0) is 21.5. The minimum absolute atomic E-state index is 0.0412. The van der Waals surface area contributed by atoms with E-state index in [1.165, 1.54) is 4.90 Å². The molecular formula is C24H28N2O4. The van der Waals surface area contributed by atoms with Crippen LogP contribution in [0.5, 0.6) is 0 Å². The third kappa shape index (κ3) is 5.69. The topological polar surface area (TPSA) is 75.7 Å². The molecule has 0 aromatic heterocycles. The molecule has 1 N–H and O–H groups in total. The van der Waals surface area contributed by atoms with Crippen LogP contribution in [-0.2, 0) is 19.1 Å². The van der Waals surface area contributed by atoms with Crippen LogP contribution in [0.25, 0.3) is 0 Å². The quantitative estimate of drug-likeness (QED) is 0.735. The average Bonchev–Trinajstić information content (AvgIpc) is 2.93. The van der Waals surface area contributed by atoms with E-state index in [2.05, 4.69) is 5.32 Å². The fourth-order valence-electron chi connectivity index (χ4n) is 3.50. The summed E-state index contributed by atoms with van der Waals surface area (Å²) >= 11 is 0. The first-order valence-corrected chi connectivity index (χ1v) is 10.3. The number of carbonyl (C=O) groups is 3. The molecule has 2 aromatic carbocycles. The van der Waals surface area contributed by atoms with Gasteiger partial charge in [-0.2, -0.15) is 0 Å². The Kier molecular flexibility index (Phi) is 7.22. The number of likely N-dealkylation sites (tertiary alicyclic amines) is 1. The maximum absolute atomic E-state index is 13.1. The van der Waals surface area contributed by atoms with E-state index in [4.69, 9.17) is 4.74 Å². The third-order valence-electron chi connectivity index (χ3n) is 5.23. The van der Waals surface area contributed by atoms with Gasteiger partial charge in [0.15, 0.2) is 0 Å². The van der Waals surface area contributed by atoms with Gasteiger partial charge in [-0.05, 0) is 43.9 Å². The highest BCUT2D eigenvalue weighted by atomic mass is 16.5. The molecule has 0 aliphatic carbocycles. The standard InChI is InChI=1S/C24H28N2O4/c1-17-12-13-18(2)20(15-17)25-24(29)23(19-9-5-3-6-10-19)30-22(28)16-26-14-8-4-7-11-21(26)27/h3,5-6,9-10,12-13,15,23H,4,7-8,11,14,16H2,1-2H3,(H,25,29)/t23-/m1/s1. The van der Waals surface area contributed by atoms with Gasteiger partial charge < -0.3 is 15.0 Å². The predicted octanol–water partition coefficient (Wildman–Crippen LogP) is 3.93. The molecule has 158 valence electrons. The normalized spacial score (nSPS) is 15.3. The molecule has 2 aromatic rings. The second-order valence-corrected chi connectivity index (χ2v) is 7.71. The van der Waals surface area contributed by atoms with Gasteiger partial charge in [0.25, 0.3) is 5.91 Å². The van der Waals surface area contributed by atoms with Gasteiger partial charge in [0.1, 0.15) is 6.54 Å². The lowest BCUT2D eigenvalue weighted by molar-refractivity contribution is -0.157. The molecule has 2 amide bonds. The van der Waals surface area contributed by atoms with Crippen molar-refractivity contribution in [2.24, 2.45) is 0 Å². The number of esters is 1. The van der Waals surface area contributed by atoms with Crippen molar-refractivity contribution in [3.05, 3.63) is 65.2 Å². The molecule has 0 bridgehead atoms. The molecule has 1 aliphatic rings. The van der Waals surface area contributed by atoms with Crippen molar-refractivity contribution in [1.82, 2.24) is 4.90 Å². The number of nitrogens with zero attached hydrogens (tertiary/aromatic N) is 1. The molecule has 1 saturated heterocycles. The molecule has 1 aliphatic heterocycles. The molecule has 30 heavy (non-hydrogen) atoms. The van der Waals surface area contributed by atoms with Crippen molar-refractivity contribution in [1.29, 1.82) is 0 Å². The van der Waals surface area contributed by atoms with Crippen LogP contribution < -0.4 is 5.32 Å². The van der Waals surface area contributed by atoms with E-state index in [1.54, 1.807) is 24.3 Å². The van der Waals surface area contributed by atoms with E-state index in [-0.39, 0.29) is 12.5 Å². The largest absolute Gasteiger partial charge is 0.446 e. The summed E-state index contributed by atoms with van der Waals surface area (Å²) in [5.41, 5.74) is 3.20. The smallest absolute Gasteiger partial charge is 0.326 e. The van der Waals surface area contributed by atoms with E-state index in [1.807, 2.05) is 38.1 Å². The molecule has 1 heterocycles. The highest BCUT2D eigenvalue weighted by Crippen LogP contribution is 2.23. The zero-order valence-electron chi connectivity index (χ0n) is 17.5. The van der Waals surface area contributed by atoms with Gasteiger partial charge in [-0.15, -0.1) is 0 Å². The summed E-state index contributed by atoms with van der Waals surface area (Å²) in [4.78, 5) is 39.4. The summed E-state index contributed by atoms with van der Waals surface area (Å²) in [6, 6.07) is 14.7. The van der Waals surface area contributed by atoms with E-state index < -0.39 is 18.0 Å². The highest BCUT2D eigenvalue weighted by Gasteiger charge is 2.27. The summed E-state index contributed by atoms with van der Waals surface area (Å²) in [5, 5.41) is 2.88. The van der Waals surface area contributed by atoms with E-state index in [9.17, 15) is 14.4 Å². The summed E-state index contributed by atoms with van der Waals surface area (Å²) in [6.07, 6.45) is 2.04. The number of aryl methyl sites for hydroxylation is 2. The minimum atomic E-state index is -1.10. The molecular weight excluding hydrogens is 380 g/mol. The van der Waals surface area contributed by atoms with Crippen LogP contribution in [0.3, 0.4) is 0 Å². The van der Waals surface area contributed by atoms with Crippen LogP contribution in [0.2, 0.25) is 0 Å². The molecule has 0 radical (unpaired) electrons. The molecule has 6 nitrogen and oxygen atoms in total. The number of hydrogen-bond acceptors (Lipinski definition) is 4. The van der Waals surface area contributed by atoms with Crippen LogP contribution in [0.15, 0.2) is 48.5 Å². The van der Waals surface area contributed by atoms with Crippen LogP contribution >= 0.6 is 0 Å². The lowest BCUT2D eigenvalue weighted by Gasteiger charge is -2.23. The number of ether oxygens (including phenoxy) is 1. The third-order valence-corrected chi connectivity index (χ3v) is 5.23. The van der Waals surface area contributed by atoms with Gasteiger partial charge in [-0.25, -0.2) is 0 Å². The average molecular weight is 408 g/mol. The lowest BCUT2D eigenvalue weighted by Crippen LogP contribution is -2.37. The molecule has 0 saturated carbocycles. The predicted molar refractivity (Wildman–Crippen MR) is 115 cm³/mol. The Morgan fingerprint density at radius 2 is 1.83 bits per heavy atom. The van der Waals surface area contributed by atoms with Crippen molar-refractivity contribution in [3.8, 4) is 0 Å². The van der Waals surface area contributed by atoms with E-state index in [0.717, 1.165) is 30.4 Å². The van der Waals surface area contributed by atoms with E-state index >= 15 is 0 Å². The van der Waals surface area contributed by atoms with Gasteiger partial charge in [-0.3, -0.25) is 14.4 Å². The van der Waals surface area contributed by atoms with Crippen LogP contribution in [0.1, 0.15) is 48.5 Å². The van der Waals surface area contributed by atoms with Crippen molar-refractivity contribution in [2.75, 3.05) is 18.4 Å². The summed E-state index contributed by atoms with van der Waals surface area (Å²) < 4.78 is 5.59. The Morgan fingerprint density at radius 1 is 1.07 bits per heavy atom. The molecule has 1 fully saturated rings.